The average Bonchev–Trinajstić information content (AvgIpc) is 2.15. The summed E-state index contributed by atoms with van der Waals surface area (Å²) in [6, 6.07) is -0.516. The molecule has 17 heavy (non-hydrogen) atoms. The minimum Gasteiger partial charge on any atom is -0.409 e. The molecule has 0 saturated heterocycles. The maximum Gasteiger partial charge on any atom is 0.231 e. The van der Waals surface area contributed by atoms with Gasteiger partial charge in [0.15, 0.2) is 5.84 Å². The number of hydrogen-bond acceptors (Lipinski definition) is 5. The topological polar surface area (TPSA) is 122 Å². The van der Waals surface area contributed by atoms with E-state index in [1.165, 1.54) is 0 Å². The van der Waals surface area contributed by atoms with Crippen LogP contribution in [0, 0.1) is 5.92 Å². The first-order chi connectivity index (χ1) is 7.71. The fraction of sp³-hybridized carbons (Fsp3) is 0.778. The number of sulfone groups is 1. The fourth-order valence-electron chi connectivity index (χ4n) is 1.44. The number of amidine groups is 1. The molecule has 0 bridgehead atoms. The summed E-state index contributed by atoms with van der Waals surface area (Å²) >= 11 is 0. The van der Waals surface area contributed by atoms with Crippen LogP contribution in [0.15, 0.2) is 5.16 Å². The number of rotatable bonds is 6. The van der Waals surface area contributed by atoms with Crippen LogP contribution in [0.2, 0.25) is 0 Å². The van der Waals surface area contributed by atoms with Gasteiger partial charge in [0.2, 0.25) is 5.91 Å². The maximum atomic E-state index is 11.7. The molecule has 2 unspecified atom stereocenters. The van der Waals surface area contributed by atoms with E-state index in [2.05, 4.69) is 10.5 Å². The predicted molar refractivity (Wildman–Crippen MR) is 64.5 cm³/mol. The molecule has 4 N–H and O–H groups in total. The van der Waals surface area contributed by atoms with Crippen LogP contribution in [-0.2, 0) is 14.6 Å². The smallest absolute Gasteiger partial charge is 0.231 e. The van der Waals surface area contributed by atoms with Crippen molar-refractivity contribution in [3.05, 3.63) is 0 Å². The lowest BCUT2D eigenvalue weighted by Gasteiger charge is -2.17. The van der Waals surface area contributed by atoms with Gasteiger partial charge in [-0.05, 0) is 13.3 Å². The van der Waals surface area contributed by atoms with Crippen LogP contribution in [0.3, 0.4) is 0 Å². The van der Waals surface area contributed by atoms with Crippen molar-refractivity contribution >= 4 is 21.6 Å². The first kappa shape index (κ1) is 15.7. The van der Waals surface area contributed by atoms with Gasteiger partial charge in [0.1, 0.15) is 9.84 Å². The Hall–Kier alpha value is -1.31. The molecule has 0 aliphatic carbocycles. The second-order valence-corrected chi connectivity index (χ2v) is 6.17. The molecule has 0 aliphatic rings. The Balaban J connectivity index is 4.53. The molecule has 0 heterocycles. The molecular formula is C9H19N3O4S. The number of nitrogens with two attached hydrogens (primary N) is 1. The van der Waals surface area contributed by atoms with Gasteiger partial charge in [0, 0.05) is 12.3 Å². The van der Waals surface area contributed by atoms with Crippen molar-refractivity contribution in [2.75, 3.05) is 12.0 Å². The van der Waals surface area contributed by atoms with E-state index in [0.29, 0.717) is 6.42 Å². The van der Waals surface area contributed by atoms with Crippen LogP contribution < -0.4 is 11.1 Å². The SMILES string of the molecule is CCC(C(=O)NC(C)CS(C)(=O)=O)C(N)=NO. The van der Waals surface area contributed by atoms with E-state index < -0.39 is 27.7 Å². The van der Waals surface area contributed by atoms with E-state index in [-0.39, 0.29) is 11.6 Å². The Morgan fingerprint density at radius 1 is 1.53 bits per heavy atom. The summed E-state index contributed by atoms with van der Waals surface area (Å²) in [7, 11) is -3.15. The number of nitrogens with one attached hydrogen (secondary N) is 1. The molecular weight excluding hydrogens is 246 g/mol. The van der Waals surface area contributed by atoms with Crippen LogP contribution in [-0.4, -0.2) is 43.4 Å². The molecule has 0 radical (unpaired) electrons. The molecule has 0 aliphatic heterocycles. The van der Waals surface area contributed by atoms with Gasteiger partial charge in [0.05, 0.1) is 11.7 Å². The van der Waals surface area contributed by atoms with E-state index in [0.717, 1.165) is 6.26 Å². The number of oxime groups is 1. The third-order valence-corrected chi connectivity index (χ3v) is 3.24. The molecule has 100 valence electrons. The van der Waals surface area contributed by atoms with E-state index in [1.807, 2.05) is 0 Å². The summed E-state index contributed by atoms with van der Waals surface area (Å²) in [5, 5.41) is 13.8. The summed E-state index contributed by atoms with van der Waals surface area (Å²) in [5.74, 6) is -1.52. The third kappa shape index (κ3) is 6.10. The molecule has 0 rings (SSSR count). The molecule has 2 atom stereocenters. The van der Waals surface area contributed by atoms with Crippen molar-refractivity contribution in [2.24, 2.45) is 16.8 Å². The zero-order valence-electron chi connectivity index (χ0n) is 10.2. The van der Waals surface area contributed by atoms with Crippen LogP contribution in [0.1, 0.15) is 20.3 Å². The van der Waals surface area contributed by atoms with Gasteiger partial charge in [-0.3, -0.25) is 4.79 Å². The Kier molecular flexibility index (Phi) is 5.94. The van der Waals surface area contributed by atoms with E-state index >= 15 is 0 Å². The third-order valence-electron chi connectivity index (χ3n) is 2.14. The fourth-order valence-corrected chi connectivity index (χ4v) is 2.43. The summed E-state index contributed by atoms with van der Waals surface area (Å²) in [6.07, 6.45) is 1.46. The molecule has 0 aromatic carbocycles. The molecule has 1 amide bonds. The van der Waals surface area contributed by atoms with Crippen molar-refractivity contribution in [1.82, 2.24) is 5.32 Å². The average molecular weight is 265 g/mol. The van der Waals surface area contributed by atoms with Crippen molar-refractivity contribution in [1.29, 1.82) is 0 Å². The Morgan fingerprint density at radius 2 is 2.06 bits per heavy atom. The van der Waals surface area contributed by atoms with Gasteiger partial charge in [-0.2, -0.15) is 0 Å². The molecule has 0 saturated carbocycles. The summed E-state index contributed by atoms with van der Waals surface area (Å²) in [5.41, 5.74) is 5.35. The summed E-state index contributed by atoms with van der Waals surface area (Å²) in [6.45, 7) is 3.29. The molecule has 0 fully saturated rings. The molecule has 0 aromatic rings. The first-order valence-electron chi connectivity index (χ1n) is 5.16. The predicted octanol–water partition coefficient (Wildman–Crippen LogP) is -0.692. The van der Waals surface area contributed by atoms with Crippen LogP contribution in [0.4, 0.5) is 0 Å². The van der Waals surface area contributed by atoms with Crippen molar-refractivity contribution in [2.45, 2.75) is 26.3 Å². The standard InChI is InChI=1S/C9H19N3O4S/c1-4-7(8(10)12-14)9(13)11-6(2)5-17(3,15)16/h6-7,14H,4-5H2,1-3H3,(H2,10,12)(H,11,13). The lowest BCUT2D eigenvalue weighted by molar-refractivity contribution is -0.123. The molecule has 7 nitrogen and oxygen atoms in total. The van der Waals surface area contributed by atoms with Crippen molar-refractivity contribution < 1.29 is 18.4 Å². The van der Waals surface area contributed by atoms with Crippen LogP contribution in [0.25, 0.3) is 0 Å². The zero-order chi connectivity index (χ0) is 13.6. The van der Waals surface area contributed by atoms with Gasteiger partial charge in [-0.15, -0.1) is 0 Å². The number of nitrogens with zero attached hydrogens (tertiary/aromatic N) is 1. The Morgan fingerprint density at radius 3 is 2.41 bits per heavy atom. The molecule has 0 spiro atoms. The first-order valence-corrected chi connectivity index (χ1v) is 7.22. The highest BCUT2D eigenvalue weighted by Gasteiger charge is 2.23. The van der Waals surface area contributed by atoms with Crippen molar-refractivity contribution in [3.8, 4) is 0 Å². The second kappa shape index (κ2) is 6.43. The van der Waals surface area contributed by atoms with Crippen molar-refractivity contribution in [3.63, 3.8) is 0 Å². The monoisotopic (exact) mass is 265 g/mol. The van der Waals surface area contributed by atoms with Crippen LogP contribution in [0.5, 0.6) is 0 Å². The van der Waals surface area contributed by atoms with E-state index in [9.17, 15) is 13.2 Å². The maximum absolute atomic E-state index is 11.7. The van der Waals surface area contributed by atoms with E-state index in [4.69, 9.17) is 10.9 Å². The highest BCUT2D eigenvalue weighted by molar-refractivity contribution is 7.90. The lowest BCUT2D eigenvalue weighted by Crippen LogP contribution is -2.44. The molecule has 8 heteroatoms. The number of amides is 1. The summed E-state index contributed by atoms with van der Waals surface area (Å²) < 4.78 is 22.0. The molecule has 0 aromatic heterocycles. The van der Waals surface area contributed by atoms with Gasteiger partial charge < -0.3 is 16.3 Å². The largest absolute Gasteiger partial charge is 0.409 e. The summed E-state index contributed by atoms with van der Waals surface area (Å²) in [4.78, 5) is 11.7. The Labute approximate surface area is 101 Å². The van der Waals surface area contributed by atoms with Crippen LogP contribution >= 0.6 is 0 Å². The van der Waals surface area contributed by atoms with E-state index in [1.54, 1.807) is 13.8 Å². The quantitative estimate of drug-likeness (QED) is 0.254. The Bertz CT molecular complexity index is 391. The van der Waals surface area contributed by atoms with Gasteiger partial charge in [-0.25, -0.2) is 8.42 Å². The second-order valence-electron chi connectivity index (χ2n) is 3.99. The zero-order valence-corrected chi connectivity index (χ0v) is 11.0. The normalized spacial score (nSPS) is 16.3. The number of hydrogen-bond donors (Lipinski definition) is 3. The van der Waals surface area contributed by atoms with Gasteiger partial charge in [-0.1, -0.05) is 12.1 Å². The van der Waals surface area contributed by atoms with Gasteiger partial charge >= 0.3 is 0 Å². The minimum atomic E-state index is -3.15. The number of carbonyl (C=O) groups excluding carboxylic acids is 1. The lowest BCUT2D eigenvalue weighted by atomic mass is 10.0. The number of carbonyl (C=O) groups is 1. The highest BCUT2D eigenvalue weighted by Crippen LogP contribution is 2.04. The minimum absolute atomic E-state index is 0.147. The van der Waals surface area contributed by atoms with Gasteiger partial charge in [0.25, 0.3) is 0 Å². The highest BCUT2D eigenvalue weighted by atomic mass is 32.2.